The van der Waals surface area contributed by atoms with Gasteiger partial charge in [0.1, 0.15) is 11.6 Å². The number of hydrogen-bond acceptors (Lipinski definition) is 4. The van der Waals surface area contributed by atoms with Crippen LogP contribution in [0.5, 0.6) is 0 Å². The van der Waals surface area contributed by atoms with E-state index in [1.165, 1.54) is 7.11 Å². The molecule has 3 rings (SSSR count). The van der Waals surface area contributed by atoms with Gasteiger partial charge < -0.3 is 13.6 Å². The van der Waals surface area contributed by atoms with E-state index in [1.807, 2.05) is 22.7 Å². The van der Waals surface area contributed by atoms with Crippen molar-refractivity contribution >= 4 is 11.5 Å². The number of pyridine rings is 1. The van der Waals surface area contributed by atoms with Gasteiger partial charge in [-0.05, 0) is 24.3 Å². The van der Waals surface area contributed by atoms with Crippen molar-refractivity contribution in [3.8, 4) is 0 Å². The zero-order chi connectivity index (χ0) is 13.2. The number of carbonyl (C=O) groups is 1. The van der Waals surface area contributed by atoms with Gasteiger partial charge in [0.15, 0.2) is 0 Å². The highest BCUT2D eigenvalue weighted by Crippen LogP contribution is 2.16. The minimum Gasteiger partial charge on any atom is -0.469 e. The van der Waals surface area contributed by atoms with E-state index in [-0.39, 0.29) is 5.97 Å². The Morgan fingerprint density at radius 2 is 2.32 bits per heavy atom. The molecule has 96 valence electrons. The molecule has 3 aromatic heterocycles. The lowest BCUT2D eigenvalue weighted by Gasteiger charge is -2.03. The second-order valence-electron chi connectivity index (χ2n) is 4.10. The topological polar surface area (TPSA) is 56.7 Å². The fraction of sp³-hybridized carbons (Fsp3) is 0.143. The van der Waals surface area contributed by atoms with E-state index in [9.17, 15) is 4.79 Å². The number of carbonyl (C=O) groups excluding carboxylic acids is 1. The van der Waals surface area contributed by atoms with E-state index in [1.54, 1.807) is 24.6 Å². The van der Waals surface area contributed by atoms with Gasteiger partial charge >= 0.3 is 5.97 Å². The average molecular weight is 256 g/mol. The fourth-order valence-electron chi connectivity index (χ4n) is 2.06. The molecule has 0 aromatic carbocycles. The summed E-state index contributed by atoms with van der Waals surface area (Å²) in [6, 6.07) is 7.25. The van der Waals surface area contributed by atoms with Gasteiger partial charge in [0.05, 0.1) is 37.1 Å². The predicted molar refractivity (Wildman–Crippen MR) is 68.0 cm³/mol. The molecule has 0 saturated heterocycles. The summed E-state index contributed by atoms with van der Waals surface area (Å²) in [5.74, 6) is 1.28. The first kappa shape index (κ1) is 11.5. The lowest BCUT2D eigenvalue weighted by molar-refractivity contribution is 0.0602. The molecule has 0 aliphatic rings. The maximum Gasteiger partial charge on any atom is 0.340 e. The normalized spacial score (nSPS) is 10.8. The smallest absolute Gasteiger partial charge is 0.340 e. The molecule has 0 saturated carbocycles. The Kier molecular flexibility index (Phi) is 2.79. The molecule has 5 nitrogen and oxygen atoms in total. The van der Waals surface area contributed by atoms with Gasteiger partial charge in [-0.1, -0.05) is 0 Å². The van der Waals surface area contributed by atoms with E-state index in [2.05, 4.69) is 4.98 Å². The number of esters is 1. The number of hydrogen-bond donors (Lipinski definition) is 0. The van der Waals surface area contributed by atoms with Crippen molar-refractivity contribution in [1.82, 2.24) is 9.38 Å². The zero-order valence-electron chi connectivity index (χ0n) is 10.4. The van der Waals surface area contributed by atoms with Crippen molar-refractivity contribution < 1.29 is 13.9 Å². The van der Waals surface area contributed by atoms with Gasteiger partial charge in [-0.3, -0.25) is 0 Å². The van der Waals surface area contributed by atoms with Crippen LogP contribution >= 0.6 is 0 Å². The first-order valence-electron chi connectivity index (χ1n) is 5.85. The lowest BCUT2D eigenvalue weighted by Crippen LogP contribution is -2.04. The number of ether oxygens (including phenoxy) is 1. The van der Waals surface area contributed by atoms with E-state index < -0.39 is 0 Å². The van der Waals surface area contributed by atoms with Crippen LogP contribution in [0.25, 0.3) is 5.52 Å². The SMILES string of the molecule is COC(=O)c1cccn2c(Cc3ccco3)ncc12. The Morgan fingerprint density at radius 3 is 3.05 bits per heavy atom. The second-order valence-corrected chi connectivity index (χ2v) is 4.10. The highest BCUT2D eigenvalue weighted by Gasteiger charge is 2.14. The fourth-order valence-corrected chi connectivity index (χ4v) is 2.06. The number of aromatic nitrogens is 2. The van der Waals surface area contributed by atoms with Crippen LogP contribution in [0.1, 0.15) is 21.9 Å². The van der Waals surface area contributed by atoms with Crippen LogP contribution in [0.15, 0.2) is 47.3 Å². The highest BCUT2D eigenvalue weighted by atomic mass is 16.5. The Labute approximate surface area is 109 Å². The van der Waals surface area contributed by atoms with Crippen LogP contribution in [0.3, 0.4) is 0 Å². The molecule has 0 atom stereocenters. The van der Waals surface area contributed by atoms with Gasteiger partial charge in [-0.15, -0.1) is 0 Å². The molecule has 0 aliphatic heterocycles. The van der Waals surface area contributed by atoms with E-state index in [0.717, 1.165) is 17.1 Å². The zero-order valence-corrected chi connectivity index (χ0v) is 10.4. The molecule has 19 heavy (non-hydrogen) atoms. The van der Waals surface area contributed by atoms with Crippen molar-refractivity contribution in [2.24, 2.45) is 0 Å². The van der Waals surface area contributed by atoms with Crippen LogP contribution in [0.4, 0.5) is 0 Å². The first-order chi connectivity index (χ1) is 9.29. The molecular formula is C14H12N2O3. The van der Waals surface area contributed by atoms with Crippen molar-refractivity contribution in [3.05, 3.63) is 60.1 Å². The molecule has 0 bridgehead atoms. The minimum atomic E-state index is -0.366. The van der Waals surface area contributed by atoms with Crippen LogP contribution in [0.2, 0.25) is 0 Å². The summed E-state index contributed by atoms with van der Waals surface area (Å²) in [6.07, 6.45) is 5.74. The quantitative estimate of drug-likeness (QED) is 0.675. The molecule has 3 heterocycles. The summed E-state index contributed by atoms with van der Waals surface area (Å²) in [6.45, 7) is 0. The maximum atomic E-state index is 11.7. The second kappa shape index (κ2) is 4.61. The van der Waals surface area contributed by atoms with Crippen LogP contribution in [0, 0.1) is 0 Å². The van der Waals surface area contributed by atoms with Gasteiger partial charge in [0.2, 0.25) is 0 Å². The summed E-state index contributed by atoms with van der Waals surface area (Å²) >= 11 is 0. The third-order valence-electron chi connectivity index (χ3n) is 2.97. The number of imidazole rings is 1. The number of fused-ring (bicyclic) bond motifs is 1. The molecular weight excluding hydrogens is 244 g/mol. The summed E-state index contributed by atoms with van der Waals surface area (Å²) in [7, 11) is 1.37. The number of rotatable bonds is 3. The molecule has 0 amide bonds. The Bertz CT molecular complexity index is 713. The number of furan rings is 1. The molecule has 0 radical (unpaired) electrons. The highest BCUT2D eigenvalue weighted by molar-refractivity contribution is 5.96. The predicted octanol–water partition coefficient (Wildman–Crippen LogP) is 2.30. The lowest BCUT2D eigenvalue weighted by atomic mass is 10.2. The first-order valence-corrected chi connectivity index (χ1v) is 5.85. The van der Waals surface area contributed by atoms with Crippen LogP contribution in [-0.2, 0) is 11.2 Å². The van der Waals surface area contributed by atoms with Crippen LogP contribution < -0.4 is 0 Å². The monoisotopic (exact) mass is 256 g/mol. The van der Waals surface area contributed by atoms with Gasteiger partial charge in [-0.25, -0.2) is 9.78 Å². The largest absolute Gasteiger partial charge is 0.469 e. The summed E-state index contributed by atoms with van der Waals surface area (Å²) < 4.78 is 11.9. The van der Waals surface area contributed by atoms with E-state index in [0.29, 0.717) is 12.0 Å². The molecule has 3 aromatic rings. The van der Waals surface area contributed by atoms with E-state index in [4.69, 9.17) is 9.15 Å². The maximum absolute atomic E-state index is 11.7. The third kappa shape index (κ3) is 1.99. The number of nitrogens with zero attached hydrogens (tertiary/aromatic N) is 2. The Morgan fingerprint density at radius 1 is 1.42 bits per heavy atom. The summed E-state index contributed by atoms with van der Waals surface area (Å²) in [5.41, 5.74) is 1.24. The van der Waals surface area contributed by atoms with E-state index >= 15 is 0 Å². The van der Waals surface area contributed by atoms with Gasteiger partial charge in [0, 0.05) is 6.20 Å². The summed E-state index contributed by atoms with van der Waals surface area (Å²) in [5, 5.41) is 0. The minimum absolute atomic E-state index is 0.366. The third-order valence-corrected chi connectivity index (χ3v) is 2.97. The Balaban J connectivity index is 2.06. The van der Waals surface area contributed by atoms with Crippen molar-refractivity contribution in [2.45, 2.75) is 6.42 Å². The molecule has 0 aliphatic carbocycles. The Hall–Kier alpha value is -2.56. The van der Waals surface area contributed by atoms with Gasteiger partial charge in [-0.2, -0.15) is 0 Å². The van der Waals surface area contributed by atoms with Crippen molar-refractivity contribution in [2.75, 3.05) is 7.11 Å². The standard InChI is InChI=1S/C14H12N2O3/c1-18-14(17)11-5-2-6-16-12(11)9-15-13(16)8-10-4-3-7-19-10/h2-7,9H,8H2,1H3. The summed E-state index contributed by atoms with van der Waals surface area (Å²) in [4.78, 5) is 16.0. The molecule has 0 spiro atoms. The molecule has 0 fully saturated rings. The average Bonchev–Trinajstić information content (AvgIpc) is 3.08. The van der Waals surface area contributed by atoms with Crippen molar-refractivity contribution in [1.29, 1.82) is 0 Å². The molecule has 0 unspecified atom stereocenters. The number of methoxy groups -OCH3 is 1. The van der Waals surface area contributed by atoms with Crippen molar-refractivity contribution in [3.63, 3.8) is 0 Å². The van der Waals surface area contributed by atoms with Gasteiger partial charge in [0.25, 0.3) is 0 Å². The molecule has 0 N–H and O–H groups in total. The molecule has 5 heteroatoms. The van der Waals surface area contributed by atoms with Crippen LogP contribution in [-0.4, -0.2) is 22.5 Å².